The number of nitrogens with zero attached hydrogens (tertiary/aromatic N) is 1. The van der Waals surface area contributed by atoms with E-state index in [1.165, 1.54) is 36.7 Å². The Hall–Kier alpha value is -1.56. The number of thioether (sulfide) groups is 1. The Labute approximate surface area is 123 Å². The van der Waals surface area contributed by atoms with Gasteiger partial charge in [-0.15, -0.1) is 11.8 Å². The predicted molar refractivity (Wildman–Crippen MR) is 81.0 cm³/mol. The standard InChI is InChI=1S/C14H20N2O3S/c1-2-3-4-5-10-15-14(17)11-20-13-8-6-12(7-9-13)16(18)19/h6-9H,2-5,10-11H2,1H3,(H,15,17). The molecule has 0 saturated carbocycles. The van der Waals surface area contributed by atoms with Crippen molar-refractivity contribution in [2.24, 2.45) is 0 Å². The summed E-state index contributed by atoms with van der Waals surface area (Å²) in [4.78, 5) is 22.5. The van der Waals surface area contributed by atoms with Crippen LogP contribution in [0.5, 0.6) is 0 Å². The maximum atomic E-state index is 11.6. The molecule has 6 heteroatoms. The SMILES string of the molecule is CCCCCCNC(=O)CSc1ccc([N+](=O)[O-])cc1. The van der Waals surface area contributed by atoms with Crippen LogP contribution in [0.2, 0.25) is 0 Å². The first-order valence-electron chi connectivity index (χ1n) is 6.77. The number of benzene rings is 1. The summed E-state index contributed by atoms with van der Waals surface area (Å²) in [6, 6.07) is 6.23. The van der Waals surface area contributed by atoms with E-state index < -0.39 is 4.92 Å². The van der Waals surface area contributed by atoms with Gasteiger partial charge in [0.2, 0.25) is 5.91 Å². The number of hydrogen-bond acceptors (Lipinski definition) is 4. The molecule has 1 rings (SSSR count). The van der Waals surface area contributed by atoms with Gasteiger partial charge in [-0.1, -0.05) is 26.2 Å². The van der Waals surface area contributed by atoms with Crippen molar-refractivity contribution in [1.82, 2.24) is 5.32 Å². The lowest BCUT2D eigenvalue weighted by molar-refractivity contribution is -0.384. The predicted octanol–water partition coefficient (Wildman–Crippen LogP) is 3.38. The van der Waals surface area contributed by atoms with Crippen molar-refractivity contribution >= 4 is 23.4 Å². The molecule has 0 heterocycles. The van der Waals surface area contributed by atoms with E-state index in [1.54, 1.807) is 12.1 Å². The molecule has 0 fully saturated rings. The maximum absolute atomic E-state index is 11.6. The van der Waals surface area contributed by atoms with Crippen LogP contribution in [-0.4, -0.2) is 23.1 Å². The Morgan fingerprint density at radius 1 is 1.25 bits per heavy atom. The van der Waals surface area contributed by atoms with Crippen molar-refractivity contribution < 1.29 is 9.72 Å². The average Bonchev–Trinajstić information content (AvgIpc) is 2.45. The molecule has 1 amide bonds. The van der Waals surface area contributed by atoms with E-state index >= 15 is 0 Å². The number of amides is 1. The van der Waals surface area contributed by atoms with E-state index in [9.17, 15) is 14.9 Å². The molecule has 0 atom stereocenters. The fourth-order valence-electron chi connectivity index (χ4n) is 1.64. The zero-order valence-corrected chi connectivity index (χ0v) is 12.4. The Bertz CT molecular complexity index is 435. The fourth-order valence-corrected chi connectivity index (χ4v) is 2.37. The highest BCUT2D eigenvalue weighted by Crippen LogP contribution is 2.20. The van der Waals surface area contributed by atoms with Crippen LogP contribution in [0.25, 0.3) is 0 Å². The highest BCUT2D eigenvalue weighted by atomic mass is 32.2. The third-order valence-electron chi connectivity index (χ3n) is 2.77. The lowest BCUT2D eigenvalue weighted by Gasteiger charge is -2.05. The van der Waals surface area contributed by atoms with Crippen molar-refractivity contribution in [3.8, 4) is 0 Å². The van der Waals surface area contributed by atoms with Crippen molar-refractivity contribution in [3.05, 3.63) is 34.4 Å². The molecule has 1 aromatic rings. The number of nitrogens with one attached hydrogen (secondary N) is 1. The molecule has 0 unspecified atom stereocenters. The van der Waals surface area contributed by atoms with Gasteiger partial charge < -0.3 is 5.32 Å². The van der Waals surface area contributed by atoms with Crippen LogP contribution in [-0.2, 0) is 4.79 Å². The molecule has 0 aromatic heterocycles. The average molecular weight is 296 g/mol. The minimum absolute atomic E-state index is 0.00449. The summed E-state index contributed by atoms with van der Waals surface area (Å²) in [5.74, 6) is 0.343. The Balaban J connectivity index is 2.22. The summed E-state index contributed by atoms with van der Waals surface area (Å²) in [6.07, 6.45) is 4.55. The smallest absolute Gasteiger partial charge is 0.269 e. The van der Waals surface area contributed by atoms with Crippen molar-refractivity contribution in [1.29, 1.82) is 0 Å². The third kappa shape index (κ3) is 6.56. The molecule has 0 aliphatic rings. The summed E-state index contributed by atoms with van der Waals surface area (Å²) in [7, 11) is 0. The summed E-state index contributed by atoms with van der Waals surface area (Å²) in [6.45, 7) is 2.87. The molecule has 0 bridgehead atoms. The van der Waals surface area contributed by atoms with Crippen LogP contribution in [0.4, 0.5) is 5.69 Å². The molecule has 0 radical (unpaired) electrons. The lowest BCUT2D eigenvalue weighted by atomic mass is 10.2. The van der Waals surface area contributed by atoms with Gasteiger partial charge in [0.15, 0.2) is 0 Å². The number of rotatable bonds is 9. The summed E-state index contributed by atoms with van der Waals surface area (Å²) in [5, 5.41) is 13.4. The maximum Gasteiger partial charge on any atom is 0.269 e. The number of unbranched alkanes of at least 4 members (excludes halogenated alkanes) is 3. The van der Waals surface area contributed by atoms with Crippen LogP contribution in [0.3, 0.4) is 0 Å². The molecule has 0 saturated heterocycles. The second kappa shape index (κ2) is 9.36. The summed E-state index contributed by atoms with van der Waals surface area (Å²) >= 11 is 1.38. The van der Waals surface area contributed by atoms with E-state index in [0.29, 0.717) is 5.75 Å². The minimum atomic E-state index is -0.433. The van der Waals surface area contributed by atoms with E-state index in [1.807, 2.05) is 0 Å². The number of carbonyl (C=O) groups excluding carboxylic acids is 1. The Morgan fingerprint density at radius 2 is 1.95 bits per heavy atom. The largest absolute Gasteiger partial charge is 0.355 e. The molecule has 20 heavy (non-hydrogen) atoms. The second-order valence-electron chi connectivity index (χ2n) is 4.45. The highest BCUT2D eigenvalue weighted by molar-refractivity contribution is 8.00. The van der Waals surface area contributed by atoms with Gasteiger partial charge in [0.1, 0.15) is 0 Å². The quantitative estimate of drug-likeness (QED) is 0.328. The van der Waals surface area contributed by atoms with Gasteiger partial charge in [0, 0.05) is 23.6 Å². The van der Waals surface area contributed by atoms with Gasteiger partial charge >= 0.3 is 0 Å². The molecule has 0 spiro atoms. The zero-order valence-electron chi connectivity index (χ0n) is 11.6. The number of hydrogen-bond donors (Lipinski definition) is 1. The molecule has 1 aromatic carbocycles. The third-order valence-corrected chi connectivity index (χ3v) is 3.78. The van der Waals surface area contributed by atoms with Crippen LogP contribution in [0.15, 0.2) is 29.2 Å². The highest BCUT2D eigenvalue weighted by Gasteiger charge is 2.06. The van der Waals surface area contributed by atoms with E-state index in [0.717, 1.165) is 24.3 Å². The van der Waals surface area contributed by atoms with E-state index in [-0.39, 0.29) is 11.6 Å². The van der Waals surface area contributed by atoms with Gasteiger partial charge in [0.05, 0.1) is 10.7 Å². The first kappa shape index (κ1) is 16.5. The van der Waals surface area contributed by atoms with Crippen LogP contribution in [0, 0.1) is 10.1 Å². The number of non-ortho nitro benzene ring substituents is 1. The van der Waals surface area contributed by atoms with Gasteiger partial charge in [-0.25, -0.2) is 0 Å². The van der Waals surface area contributed by atoms with Gasteiger partial charge in [-0.3, -0.25) is 14.9 Å². The first-order valence-corrected chi connectivity index (χ1v) is 7.76. The van der Waals surface area contributed by atoms with E-state index in [2.05, 4.69) is 12.2 Å². The lowest BCUT2D eigenvalue weighted by Crippen LogP contribution is -2.26. The van der Waals surface area contributed by atoms with Crippen molar-refractivity contribution in [2.75, 3.05) is 12.3 Å². The first-order chi connectivity index (χ1) is 9.63. The summed E-state index contributed by atoms with van der Waals surface area (Å²) < 4.78 is 0. The zero-order chi connectivity index (χ0) is 14.8. The number of nitro groups is 1. The Kier molecular flexibility index (Phi) is 7.72. The normalized spacial score (nSPS) is 10.2. The Morgan fingerprint density at radius 3 is 2.55 bits per heavy atom. The van der Waals surface area contributed by atoms with Gasteiger partial charge in [-0.2, -0.15) is 0 Å². The molecule has 110 valence electrons. The monoisotopic (exact) mass is 296 g/mol. The van der Waals surface area contributed by atoms with E-state index in [4.69, 9.17) is 0 Å². The van der Waals surface area contributed by atoms with Crippen molar-refractivity contribution in [2.45, 2.75) is 37.5 Å². The summed E-state index contributed by atoms with van der Waals surface area (Å²) in [5.41, 5.74) is 0.0646. The number of carbonyl (C=O) groups is 1. The van der Waals surface area contributed by atoms with Gasteiger partial charge in [-0.05, 0) is 18.6 Å². The topological polar surface area (TPSA) is 72.2 Å². The fraction of sp³-hybridized carbons (Fsp3) is 0.500. The molecular formula is C14H20N2O3S. The molecule has 0 aliphatic heterocycles. The number of nitro benzene ring substituents is 1. The van der Waals surface area contributed by atoms with Crippen LogP contribution >= 0.6 is 11.8 Å². The molecular weight excluding hydrogens is 276 g/mol. The minimum Gasteiger partial charge on any atom is -0.355 e. The van der Waals surface area contributed by atoms with Crippen LogP contribution in [0.1, 0.15) is 32.6 Å². The molecule has 1 N–H and O–H groups in total. The molecule has 5 nitrogen and oxygen atoms in total. The molecule has 0 aliphatic carbocycles. The second-order valence-corrected chi connectivity index (χ2v) is 5.50. The van der Waals surface area contributed by atoms with Crippen molar-refractivity contribution in [3.63, 3.8) is 0 Å². The van der Waals surface area contributed by atoms with Gasteiger partial charge in [0.25, 0.3) is 5.69 Å². The van der Waals surface area contributed by atoms with Crippen LogP contribution < -0.4 is 5.32 Å².